The zero-order valence-corrected chi connectivity index (χ0v) is 18.1. The van der Waals surface area contributed by atoms with Gasteiger partial charge in [0, 0.05) is 33.6 Å². The highest BCUT2D eigenvalue weighted by Crippen LogP contribution is 2.28. The van der Waals surface area contributed by atoms with Crippen molar-refractivity contribution in [2.45, 2.75) is 6.92 Å². The Labute approximate surface area is 178 Å². The number of rotatable bonds is 7. The fourth-order valence-electron chi connectivity index (χ4n) is 2.98. The van der Waals surface area contributed by atoms with Gasteiger partial charge in [-0.1, -0.05) is 18.2 Å². The Morgan fingerprint density at radius 3 is 2.57 bits per heavy atom. The summed E-state index contributed by atoms with van der Waals surface area (Å²) in [4.78, 5) is 26.3. The fourth-order valence-corrected chi connectivity index (χ4v) is 3.98. The first-order chi connectivity index (χ1) is 14.4. The third kappa shape index (κ3) is 4.60. The number of likely N-dealkylation sites (N-methyl/N-ethyl adjacent to an activating group) is 1. The molecule has 8 heteroatoms. The minimum Gasteiger partial charge on any atom is -0.493 e. The summed E-state index contributed by atoms with van der Waals surface area (Å²) in [6, 6.07) is 12.9. The molecule has 2 aromatic carbocycles. The summed E-state index contributed by atoms with van der Waals surface area (Å²) in [6.45, 7) is 1.71. The number of thiophene rings is 1. The lowest BCUT2D eigenvalue weighted by molar-refractivity contribution is -0.121. The summed E-state index contributed by atoms with van der Waals surface area (Å²) in [5, 5.41) is 7.31. The molecule has 2 amide bonds. The molecular weight excluding hydrogens is 402 g/mol. The van der Waals surface area contributed by atoms with Gasteiger partial charge in [-0.05, 0) is 31.2 Å². The van der Waals surface area contributed by atoms with Gasteiger partial charge in [0.05, 0.1) is 19.9 Å². The molecule has 0 aliphatic carbocycles. The van der Waals surface area contributed by atoms with E-state index >= 15 is 0 Å². The van der Waals surface area contributed by atoms with E-state index in [-0.39, 0.29) is 18.4 Å². The van der Waals surface area contributed by atoms with Gasteiger partial charge in [-0.15, -0.1) is 11.3 Å². The van der Waals surface area contributed by atoms with Crippen LogP contribution in [0, 0.1) is 0 Å². The quantitative estimate of drug-likeness (QED) is 0.464. The highest BCUT2D eigenvalue weighted by atomic mass is 32.1. The molecule has 1 N–H and O–H groups in total. The van der Waals surface area contributed by atoms with Crippen LogP contribution in [-0.2, 0) is 4.79 Å². The Morgan fingerprint density at radius 2 is 1.83 bits per heavy atom. The average molecular weight is 426 g/mol. The summed E-state index contributed by atoms with van der Waals surface area (Å²) < 4.78 is 11.6. The SMILES string of the molecule is COc1ccc(C(=O)N(C)CC(=O)NN=C(C)c2csc3ccccc23)cc1OC. The van der Waals surface area contributed by atoms with Gasteiger partial charge in [-0.2, -0.15) is 5.10 Å². The number of benzene rings is 2. The van der Waals surface area contributed by atoms with Crippen molar-refractivity contribution in [3.63, 3.8) is 0 Å². The van der Waals surface area contributed by atoms with Crippen LogP contribution in [0.4, 0.5) is 0 Å². The highest BCUT2D eigenvalue weighted by molar-refractivity contribution is 7.17. The second-order valence-corrected chi connectivity index (χ2v) is 7.52. The molecule has 0 saturated carbocycles. The van der Waals surface area contributed by atoms with Crippen LogP contribution in [-0.4, -0.2) is 50.2 Å². The van der Waals surface area contributed by atoms with Crippen molar-refractivity contribution in [3.05, 3.63) is 59.0 Å². The molecule has 3 aromatic rings. The third-order valence-corrected chi connectivity index (χ3v) is 5.54. The monoisotopic (exact) mass is 425 g/mol. The minimum atomic E-state index is -0.384. The van der Waals surface area contributed by atoms with Crippen LogP contribution in [0.3, 0.4) is 0 Å². The van der Waals surface area contributed by atoms with E-state index in [2.05, 4.69) is 10.5 Å². The van der Waals surface area contributed by atoms with Crippen LogP contribution in [0.1, 0.15) is 22.8 Å². The van der Waals surface area contributed by atoms with Crippen LogP contribution in [0.2, 0.25) is 0 Å². The molecule has 0 unspecified atom stereocenters. The molecule has 0 spiro atoms. The van der Waals surface area contributed by atoms with Crippen molar-refractivity contribution in [1.82, 2.24) is 10.3 Å². The number of fused-ring (bicyclic) bond motifs is 1. The van der Waals surface area contributed by atoms with Gasteiger partial charge in [0.15, 0.2) is 11.5 Å². The largest absolute Gasteiger partial charge is 0.493 e. The molecule has 0 bridgehead atoms. The Bertz CT molecular complexity index is 1110. The molecular formula is C22H23N3O4S. The summed E-state index contributed by atoms with van der Waals surface area (Å²) in [7, 11) is 4.58. The lowest BCUT2D eigenvalue weighted by Gasteiger charge is -2.17. The van der Waals surface area contributed by atoms with Gasteiger partial charge >= 0.3 is 0 Å². The third-order valence-electron chi connectivity index (χ3n) is 4.58. The Kier molecular flexibility index (Phi) is 6.68. The zero-order valence-electron chi connectivity index (χ0n) is 17.3. The number of hydrazone groups is 1. The van der Waals surface area contributed by atoms with Crippen molar-refractivity contribution in [2.75, 3.05) is 27.8 Å². The smallest absolute Gasteiger partial charge is 0.259 e. The number of hydrogen-bond donors (Lipinski definition) is 1. The Balaban J connectivity index is 1.64. The van der Waals surface area contributed by atoms with E-state index < -0.39 is 0 Å². The summed E-state index contributed by atoms with van der Waals surface area (Å²) in [5.74, 6) is 0.283. The van der Waals surface area contributed by atoms with Gasteiger partial charge in [0.1, 0.15) is 6.54 Å². The van der Waals surface area contributed by atoms with Gasteiger partial charge < -0.3 is 14.4 Å². The first-order valence-electron chi connectivity index (χ1n) is 9.21. The second kappa shape index (κ2) is 9.41. The van der Waals surface area contributed by atoms with E-state index in [4.69, 9.17) is 9.47 Å². The number of methoxy groups -OCH3 is 2. The number of nitrogens with one attached hydrogen (secondary N) is 1. The van der Waals surface area contributed by atoms with E-state index in [1.165, 1.54) is 19.1 Å². The summed E-state index contributed by atoms with van der Waals surface area (Å²) >= 11 is 1.63. The van der Waals surface area contributed by atoms with E-state index in [1.807, 2.05) is 36.6 Å². The van der Waals surface area contributed by atoms with Crippen LogP contribution in [0.25, 0.3) is 10.1 Å². The van der Waals surface area contributed by atoms with Gasteiger partial charge in [0.2, 0.25) is 0 Å². The summed E-state index contributed by atoms with van der Waals surface area (Å²) in [5.41, 5.74) is 4.61. The minimum absolute atomic E-state index is 0.131. The fraction of sp³-hybridized carbons (Fsp3) is 0.227. The van der Waals surface area contributed by atoms with Gasteiger partial charge in [-0.3, -0.25) is 9.59 Å². The number of carbonyl (C=O) groups excluding carboxylic acids is 2. The van der Waals surface area contributed by atoms with Crippen molar-refractivity contribution in [1.29, 1.82) is 0 Å². The number of amides is 2. The number of hydrogen-bond acceptors (Lipinski definition) is 6. The predicted octanol–water partition coefficient (Wildman–Crippen LogP) is 3.53. The number of ether oxygens (including phenoxy) is 2. The molecule has 0 aliphatic heterocycles. The normalized spacial score (nSPS) is 11.3. The van der Waals surface area contributed by atoms with E-state index in [0.717, 1.165) is 15.6 Å². The number of nitrogens with zero attached hydrogens (tertiary/aromatic N) is 2. The molecule has 1 aromatic heterocycles. The highest BCUT2D eigenvalue weighted by Gasteiger charge is 2.17. The maximum absolute atomic E-state index is 12.6. The number of carbonyl (C=O) groups is 2. The van der Waals surface area contributed by atoms with E-state index in [1.54, 1.807) is 36.6 Å². The van der Waals surface area contributed by atoms with Crippen LogP contribution < -0.4 is 14.9 Å². The second-order valence-electron chi connectivity index (χ2n) is 6.61. The van der Waals surface area contributed by atoms with Crippen LogP contribution >= 0.6 is 11.3 Å². The maximum atomic E-state index is 12.6. The Hall–Kier alpha value is -3.39. The van der Waals surface area contributed by atoms with E-state index in [0.29, 0.717) is 22.8 Å². The molecule has 0 atom stereocenters. The molecule has 0 aliphatic rings. The lowest BCUT2D eigenvalue weighted by atomic mass is 10.1. The zero-order chi connectivity index (χ0) is 21.7. The molecule has 0 fully saturated rings. The van der Waals surface area contributed by atoms with Crippen molar-refractivity contribution in [3.8, 4) is 11.5 Å². The first kappa shape index (κ1) is 21.3. The molecule has 0 radical (unpaired) electrons. The average Bonchev–Trinajstić information content (AvgIpc) is 3.20. The molecule has 156 valence electrons. The first-order valence-corrected chi connectivity index (χ1v) is 10.1. The van der Waals surface area contributed by atoms with E-state index in [9.17, 15) is 9.59 Å². The van der Waals surface area contributed by atoms with Crippen LogP contribution in [0.5, 0.6) is 11.5 Å². The predicted molar refractivity (Wildman–Crippen MR) is 119 cm³/mol. The maximum Gasteiger partial charge on any atom is 0.259 e. The molecule has 3 rings (SSSR count). The van der Waals surface area contributed by atoms with Crippen molar-refractivity contribution >= 4 is 38.9 Å². The summed E-state index contributed by atoms with van der Waals surface area (Å²) in [6.07, 6.45) is 0. The molecule has 7 nitrogen and oxygen atoms in total. The lowest BCUT2D eigenvalue weighted by Crippen LogP contribution is -2.36. The molecule has 1 heterocycles. The van der Waals surface area contributed by atoms with Crippen LogP contribution in [0.15, 0.2) is 52.9 Å². The molecule has 30 heavy (non-hydrogen) atoms. The van der Waals surface area contributed by atoms with Crippen molar-refractivity contribution in [2.24, 2.45) is 5.10 Å². The molecule has 0 saturated heterocycles. The standard InChI is InChI=1S/C22H23N3O4S/c1-14(17-13-30-20-8-6-5-7-16(17)20)23-24-21(26)12-25(2)22(27)15-9-10-18(28-3)19(11-15)29-4/h5-11,13H,12H2,1-4H3,(H,24,26). The Morgan fingerprint density at radius 1 is 1.10 bits per heavy atom. The van der Waals surface area contributed by atoms with Crippen molar-refractivity contribution < 1.29 is 19.1 Å². The van der Waals surface area contributed by atoms with Gasteiger partial charge in [0.25, 0.3) is 11.8 Å². The van der Waals surface area contributed by atoms with Gasteiger partial charge in [-0.25, -0.2) is 5.43 Å². The topological polar surface area (TPSA) is 80.2 Å².